The molecule has 0 unspecified atom stereocenters. The van der Waals surface area contributed by atoms with Gasteiger partial charge in [0.15, 0.2) is 0 Å². The number of ether oxygens (including phenoxy) is 1. The van der Waals surface area contributed by atoms with Gasteiger partial charge in [-0.3, -0.25) is 9.69 Å². The molecule has 1 aliphatic rings. The molecule has 9 heteroatoms. The molecule has 0 spiro atoms. The summed E-state index contributed by atoms with van der Waals surface area (Å²) >= 11 is 6.14. The van der Waals surface area contributed by atoms with Crippen LogP contribution in [0.4, 0.5) is 11.6 Å². The predicted molar refractivity (Wildman–Crippen MR) is 136 cm³/mol. The van der Waals surface area contributed by atoms with Crippen LogP contribution in [0.15, 0.2) is 78.9 Å². The van der Waals surface area contributed by atoms with E-state index in [0.717, 1.165) is 22.4 Å². The van der Waals surface area contributed by atoms with Gasteiger partial charge in [0.25, 0.3) is 5.95 Å². The van der Waals surface area contributed by atoms with E-state index in [1.807, 2.05) is 66.4 Å². The zero-order valence-corrected chi connectivity index (χ0v) is 20.0. The van der Waals surface area contributed by atoms with Gasteiger partial charge in [-0.2, -0.15) is 4.68 Å². The van der Waals surface area contributed by atoms with Crippen molar-refractivity contribution in [2.24, 2.45) is 0 Å². The lowest BCUT2D eigenvalue weighted by atomic mass is 10.00. The number of aromatic nitrogens is 4. The lowest BCUT2D eigenvalue weighted by Gasteiger charge is -2.32. The van der Waals surface area contributed by atoms with Crippen molar-refractivity contribution in [2.75, 3.05) is 23.9 Å². The van der Waals surface area contributed by atoms with Crippen LogP contribution in [0.3, 0.4) is 0 Å². The number of nitrogens with zero attached hydrogens (tertiary/aromatic N) is 5. The summed E-state index contributed by atoms with van der Waals surface area (Å²) in [6, 6.07) is 23.0. The molecule has 2 heterocycles. The molecule has 4 aromatic rings. The predicted octanol–water partition coefficient (Wildman–Crippen LogP) is 4.73. The summed E-state index contributed by atoms with van der Waals surface area (Å²) in [5.74, 6) is 0.728. The number of fused-ring (bicyclic) bond motifs is 1. The number of carbonyl (C=O) groups is 1. The molecule has 0 saturated carbocycles. The molecule has 5 rings (SSSR count). The molecule has 1 amide bonds. The standard InChI is InChI=1S/C26H23ClN6O2/c1-17-8-10-19(11-9-17)22-15-23(18-6-4-3-5-7-18)33-26(29-30-31-33)32(22)16-25(34)28-21-14-20(27)12-13-24(21)35-2/h3-15,23H,16H2,1-2H3,(H,28,34)/t23-/m1/s1. The van der Waals surface area contributed by atoms with E-state index in [1.165, 1.54) is 0 Å². The molecular formula is C26H23ClN6O2. The number of halogens is 1. The molecule has 35 heavy (non-hydrogen) atoms. The number of nitrogens with one attached hydrogen (secondary N) is 1. The summed E-state index contributed by atoms with van der Waals surface area (Å²) in [7, 11) is 1.54. The Kier molecular flexibility index (Phi) is 6.20. The number of rotatable bonds is 6. The van der Waals surface area contributed by atoms with Gasteiger partial charge < -0.3 is 10.1 Å². The minimum atomic E-state index is -0.267. The molecule has 3 aromatic carbocycles. The minimum absolute atomic E-state index is 0.0166. The number of anilines is 2. The Labute approximate surface area is 207 Å². The van der Waals surface area contributed by atoms with Crippen molar-refractivity contribution in [1.29, 1.82) is 0 Å². The fourth-order valence-electron chi connectivity index (χ4n) is 4.10. The molecule has 0 fully saturated rings. The second-order valence-electron chi connectivity index (χ2n) is 8.18. The minimum Gasteiger partial charge on any atom is -0.495 e. The van der Waals surface area contributed by atoms with Crippen LogP contribution in [0.1, 0.15) is 22.7 Å². The van der Waals surface area contributed by atoms with Crippen molar-refractivity contribution in [2.45, 2.75) is 13.0 Å². The fraction of sp³-hybridized carbons (Fsp3) is 0.154. The van der Waals surface area contributed by atoms with E-state index in [9.17, 15) is 4.79 Å². The molecule has 8 nitrogen and oxygen atoms in total. The molecule has 1 N–H and O–H groups in total. The van der Waals surface area contributed by atoms with Crippen LogP contribution >= 0.6 is 11.6 Å². The van der Waals surface area contributed by atoms with Crippen LogP contribution in [-0.4, -0.2) is 39.8 Å². The Morgan fingerprint density at radius 3 is 2.60 bits per heavy atom. The lowest BCUT2D eigenvalue weighted by molar-refractivity contribution is -0.114. The molecule has 1 atom stereocenters. The number of hydrogen-bond donors (Lipinski definition) is 1. The highest BCUT2D eigenvalue weighted by Crippen LogP contribution is 2.36. The average molecular weight is 487 g/mol. The van der Waals surface area contributed by atoms with Crippen LogP contribution in [0.5, 0.6) is 5.75 Å². The molecular weight excluding hydrogens is 464 g/mol. The largest absolute Gasteiger partial charge is 0.495 e. The molecule has 0 aliphatic carbocycles. The smallest absolute Gasteiger partial charge is 0.251 e. The van der Waals surface area contributed by atoms with Crippen molar-refractivity contribution in [3.8, 4) is 5.75 Å². The molecule has 0 saturated heterocycles. The molecule has 1 aliphatic heterocycles. The number of carbonyl (C=O) groups excluding carboxylic acids is 1. The van der Waals surface area contributed by atoms with Crippen molar-refractivity contribution in [1.82, 2.24) is 20.2 Å². The van der Waals surface area contributed by atoms with Gasteiger partial charge in [0, 0.05) is 5.02 Å². The van der Waals surface area contributed by atoms with Gasteiger partial charge in [0.2, 0.25) is 5.91 Å². The normalized spacial score (nSPS) is 14.8. The van der Waals surface area contributed by atoms with E-state index in [-0.39, 0.29) is 18.5 Å². The number of methoxy groups -OCH3 is 1. The van der Waals surface area contributed by atoms with Crippen molar-refractivity contribution >= 4 is 34.8 Å². The number of amides is 1. The summed E-state index contributed by atoms with van der Waals surface area (Å²) in [5, 5.41) is 15.8. The van der Waals surface area contributed by atoms with E-state index >= 15 is 0 Å². The molecule has 0 radical (unpaired) electrons. The molecule has 1 aromatic heterocycles. The first-order valence-electron chi connectivity index (χ1n) is 11.1. The maximum absolute atomic E-state index is 13.2. The van der Waals surface area contributed by atoms with Crippen molar-refractivity contribution < 1.29 is 9.53 Å². The van der Waals surface area contributed by atoms with E-state index in [1.54, 1.807) is 30.0 Å². The second-order valence-corrected chi connectivity index (χ2v) is 8.61. The van der Waals surface area contributed by atoms with Gasteiger partial charge in [-0.25, -0.2) is 0 Å². The van der Waals surface area contributed by atoms with Gasteiger partial charge in [-0.15, -0.1) is 0 Å². The quantitative estimate of drug-likeness (QED) is 0.424. The van der Waals surface area contributed by atoms with Crippen molar-refractivity contribution in [3.63, 3.8) is 0 Å². The highest BCUT2D eigenvalue weighted by molar-refractivity contribution is 6.31. The van der Waals surface area contributed by atoms with Crippen LogP contribution in [0, 0.1) is 6.92 Å². The zero-order valence-electron chi connectivity index (χ0n) is 19.2. The maximum atomic E-state index is 13.2. The molecule has 0 bridgehead atoms. The topological polar surface area (TPSA) is 85.2 Å². The third-order valence-electron chi connectivity index (χ3n) is 5.81. The van der Waals surface area contributed by atoms with E-state index in [2.05, 4.69) is 26.9 Å². The summed E-state index contributed by atoms with van der Waals surface area (Å²) in [5.41, 5.74) is 4.48. The summed E-state index contributed by atoms with van der Waals surface area (Å²) in [6.45, 7) is 2.02. The average Bonchev–Trinajstić information content (AvgIpc) is 3.36. The van der Waals surface area contributed by atoms with Crippen molar-refractivity contribution in [3.05, 3.63) is 101 Å². The maximum Gasteiger partial charge on any atom is 0.251 e. The zero-order chi connectivity index (χ0) is 24.4. The summed E-state index contributed by atoms with van der Waals surface area (Å²) < 4.78 is 7.09. The second kappa shape index (κ2) is 9.60. The van der Waals surface area contributed by atoms with Gasteiger partial charge >= 0.3 is 0 Å². The number of allylic oxidation sites excluding steroid dienone is 1. The van der Waals surface area contributed by atoms with E-state index in [4.69, 9.17) is 16.3 Å². The number of hydrogen-bond acceptors (Lipinski definition) is 6. The lowest BCUT2D eigenvalue weighted by Crippen LogP contribution is -2.37. The SMILES string of the molecule is COc1ccc(Cl)cc1NC(=O)CN1C(c2ccc(C)cc2)=C[C@H](c2ccccc2)n2nnnc21. The Morgan fingerprint density at radius 2 is 1.86 bits per heavy atom. The van der Waals surface area contributed by atoms with Gasteiger partial charge in [0.05, 0.1) is 18.5 Å². The fourth-order valence-corrected chi connectivity index (χ4v) is 4.27. The first-order chi connectivity index (χ1) is 17.0. The number of tetrazole rings is 1. The van der Waals surface area contributed by atoms with Crippen LogP contribution in [0.25, 0.3) is 5.70 Å². The Morgan fingerprint density at radius 1 is 1.09 bits per heavy atom. The van der Waals surface area contributed by atoms with Gasteiger partial charge in [0.1, 0.15) is 18.3 Å². The highest BCUT2D eigenvalue weighted by atomic mass is 35.5. The monoisotopic (exact) mass is 486 g/mol. The van der Waals surface area contributed by atoms with E-state index in [0.29, 0.717) is 22.4 Å². The third kappa shape index (κ3) is 4.61. The van der Waals surface area contributed by atoms with Crippen LogP contribution < -0.4 is 15.0 Å². The van der Waals surface area contributed by atoms with Gasteiger partial charge in [-0.05, 0) is 52.8 Å². The number of aryl methyl sites for hydroxylation is 1. The number of benzene rings is 3. The summed E-state index contributed by atoms with van der Waals surface area (Å²) in [6.07, 6.45) is 2.08. The summed E-state index contributed by atoms with van der Waals surface area (Å²) in [4.78, 5) is 15.0. The Balaban J connectivity index is 1.53. The Hall–Kier alpha value is -4.17. The highest BCUT2D eigenvalue weighted by Gasteiger charge is 2.32. The third-order valence-corrected chi connectivity index (χ3v) is 6.05. The van der Waals surface area contributed by atoms with Crippen LogP contribution in [0.2, 0.25) is 5.02 Å². The van der Waals surface area contributed by atoms with Gasteiger partial charge in [-0.1, -0.05) is 76.9 Å². The first kappa shape index (κ1) is 22.6. The Bertz CT molecular complexity index is 1380. The first-order valence-corrected chi connectivity index (χ1v) is 11.4. The molecule has 176 valence electrons. The van der Waals surface area contributed by atoms with E-state index < -0.39 is 0 Å². The van der Waals surface area contributed by atoms with Crippen LogP contribution in [-0.2, 0) is 4.79 Å².